The molecule has 0 aliphatic heterocycles. The molecule has 0 nitrogen and oxygen atoms in total. The van der Waals surface area contributed by atoms with E-state index in [9.17, 15) is 4.39 Å². The van der Waals surface area contributed by atoms with Crippen LogP contribution in [-0.2, 0) is 0 Å². The lowest BCUT2D eigenvalue weighted by Crippen LogP contribution is -1.89. The first-order valence-corrected chi connectivity index (χ1v) is 4.42. The van der Waals surface area contributed by atoms with E-state index < -0.39 is 4.58 Å². The molecule has 0 amide bonds. The van der Waals surface area contributed by atoms with Crippen LogP contribution in [-0.4, -0.2) is 4.58 Å². The lowest BCUT2D eigenvalue weighted by atomic mass is 10.1. The highest BCUT2D eigenvalue weighted by Gasteiger charge is 2.54. The molecule has 0 unspecified atom stereocenters. The summed E-state index contributed by atoms with van der Waals surface area (Å²) < 4.78 is 11.9. The number of rotatable bonds is 1. The third-order valence-corrected chi connectivity index (χ3v) is 2.90. The smallest absolute Gasteiger partial charge is 0.172 e. The maximum Gasteiger partial charge on any atom is 0.172 e. The summed E-state index contributed by atoms with van der Waals surface area (Å²) in [7, 11) is 0. The standard InChI is InChI=1S/C9H8BrF/c10-9(11)6-8(9)7-4-2-1-3-5-7/h1-5,8H,6H2/t8-,9-/m0/s1. The van der Waals surface area contributed by atoms with E-state index in [0.717, 1.165) is 5.56 Å². The van der Waals surface area contributed by atoms with Gasteiger partial charge in [0.05, 0.1) is 0 Å². The van der Waals surface area contributed by atoms with E-state index in [1.54, 1.807) is 0 Å². The van der Waals surface area contributed by atoms with Crippen molar-refractivity contribution in [3.05, 3.63) is 35.9 Å². The van der Waals surface area contributed by atoms with Crippen LogP contribution >= 0.6 is 15.9 Å². The number of hydrogen-bond acceptors (Lipinski definition) is 0. The fraction of sp³-hybridized carbons (Fsp3) is 0.333. The molecule has 1 aliphatic carbocycles. The quantitative estimate of drug-likeness (QED) is 0.631. The molecule has 1 fully saturated rings. The monoisotopic (exact) mass is 214 g/mol. The Morgan fingerprint density at radius 2 is 1.91 bits per heavy atom. The molecule has 2 rings (SSSR count). The summed E-state index contributed by atoms with van der Waals surface area (Å²) in [6.45, 7) is 0. The molecule has 1 aliphatic rings. The van der Waals surface area contributed by atoms with Crippen molar-refractivity contribution in [1.29, 1.82) is 0 Å². The molecule has 0 heterocycles. The predicted octanol–water partition coefficient (Wildman–Crippen LogP) is 3.23. The summed E-state index contributed by atoms with van der Waals surface area (Å²) in [6, 6.07) is 9.76. The molecule has 1 aromatic carbocycles. The highest BCUT2D eigenvalue weighted by molar-refractivity contribution is 9.10. The molecule has 1 aromatic rings. The van der Waals surface area contributed by atoms with Crippen LogP contribution in [0.3, 0.4) is 0 Å². The zero-order chi connectivity index (χ0) is 7.90. The van der Waals surface area contributed by atoms with Crippen molar-refractivity contribution < 1.29 is 4.39 Å². The number of halogens is 2. The first-order chi connectivity index (χ1) is 5.20. The van der Waals surface area contributed by atoms with E-state index in [1.807, 2.05) is 30.3 Å². The van der Waals surface area contributed by atoms with Gasteiger partial charge >= 0.3 is 0 Å². The molecular weight excluding hydrogens is 207 g/mol. The van der Waals surface area contributed by atoms with Gasteiger partial charge in [0.15, 0.2) is 4.58 Å². The van der Waals surface area contributed by atoms with E-state index >= 15 is 0 Å². The molecule has 2 heteroatoms. The Morgan fingerprint density at radius 3 is 2.36 bits per heavy atom. The van der Waals surface area contributed by atoms with Gasteiger partial charge in [0, 0.05) is 12.3 Å². The molecular formula is C9H8BrF. The van der Waals surface area contributed by atoms with E-state index in [1.165, 1.54) is 0 Å². The first-order valence-electron chi connectivity index (χ1n) is 3.63. The van der Waals surface area contributed by atoms with Crippen LogP contribution in [0.4, 0.5) is 4.39 Å². The lowest BCUT2D eigenvalue weighted by Gasteiger charge is -1.97. The van der Waals surface area contributed by atoms with Crippen LogP contribution in [0.1, 0.15) is 17.9 Å². The Labute approximate surface area is 73.6 Å². The van der Waals surface area contributed by atoms with Crippen molar-refractivity contribution in [2.45, 2.75) is 16.9 Å². The molecule has 11 heavy (non-hydrogen) atoms. The highest BCUT2D eigenvalue weighted by Crippen LogP contribution is 2.58. The summed E-state index contributed by atoms with van der Waals surface area (Å²) in [5, 5.41) is 0. The zero-order valence-electron chi connectivity index (χ0n) is 5.93. The van der Waals surface area contributed by atoms with Gasteiger partial charge in [0.2, 0.25) is 0 Å². The fourth-order valence-electron chi connectivity index (χ4n) is 1.26. The maximum absolute atomic E-state index is 13.1. The van der Waals surface area contributed by atoms with Gasteiger partial charge in [0.1, 0.15) is 0 Å². The predicted molar refractivity (Wildman–Crippen MR) is 46.6 cm³/mol. The van der Waals surface area contributed by atoms with E-state index in [-0.39, 0.29) is 5.92 Å². The SMILES string of the molecule is F[C@@]1(Br)C[C@H]1c1ccccc1. The van der Waals surface area contributed by atoms with Gasteiger partial charge in [-0.3, -0.25) is 0 Å². The van der Waals surface area contributed by atoms with Crippen LogP contribution in [0.15, 0.2) is 30.3 Å². The molecule has 0 N–H and O–H groups in total. The van der Waals surface area contributed by atoms with Gasteiger partial charge in [-0.1, -0.05) is 30.3 Å². The number of benzene rings is 1. The average Bonchev–Trinajstić information content (AvgIpc) is 2.62. The molecule has 0 aromatic heterocycles. The molecule has 2 atom stereocenters. The Bertz CT molecular complexity index is 256. The third kappa shape index (κ3) is 1.32. The van der Waals surface area contributed by atoms with Crippen LogP contribution in [0.5, 0.6) is 0 Å². The summed E-state index contributed by atoms with van der Waals surface area (Å²) in [4.78, 5) is 0. The molecule has 58 valence electrons. The maximum atomic E-state index is 13.1. The number of hydrogen-bond donors (Lipinski definition) is 0. The Kier molecular flexibility index (Phi) is 1.53. The van der Waals surface area contributed by atoms with Crippen LogP contribution < -0.4 is 0 Å². The summed E-state index contributed by atoms with van der Waals surface area (Å²) in [6.07, 6.45) is 0.608. The minimum Gasteiger partial charge on any atom is -0.231 e. The summed E-state index contributed by atoms with van der Waals surface area (Å²) in [5.74, 6) is 0.0729. The van der Waals surface area contributed by atoms with Gasteiger partial charge in [0.25, 0.3) is 0 Å². The number of alkyl halides is 2. The first kappa shape index (κ1) is 7.29. The van der Waals surface area contributed by atoms with E-state index in [0.29, 0.717) is 6.42 Å². The van der Waals surface area contributed by atoms with Crippen molar-refractivity contribution in [2.24, 2.45) is 0 Å². The van der Waals surface area contributed by atoms with Gasteiger partial charge in [-0.05, 0) is 21.5 Å². The molecule has 1 saturated carbocycles. The normalized spacial score (nSPS) is 35.3. The second-order valence-electron chi connectivity index (χ2n) is 2.93. The molecule has 0 saturated heterocycles. The highest BCUT2D eigenvalue weighted by atomic mass is 79.9. The summed E-state index contributed by atoms with van der Waals surface area (Å²) in [5.41, 5.74) is 1.09. The largest absolute Gasteiger partial charge is 0.231 e. The van der Waals surface area contributed by atoms with Crippen molar-refractivity contribution in [3.63, 3.8) is 0 Å². The van der Waals surface area contributed by atoms with Gasteiger partial charge < -0.3 is 0 Å². The minimum atomic E-state index is -1.12. The van der Waals surface area contributed by atoms with Crippen molar-refractivity contribution in [1.82, 2.24) is 0 Å². The van der Waals surface area contributed by atoms with Crippen LogP contribution in [0.2, 0.25) is 0 Å². The van der Waals surface area contributed by atoms with Crippen LogP contribution in [0, 0.1) is 0 Å². The Morgan fingerprint density at radius 1 is 1.36 bits per heavy atom. The zero-order valence-corrected chi connectivity index (χ0v) is 7.51. The van der Waals surface area contributed by atoms with E-state index in [4.69, 9.17) is 0 Å². The van der Waals surface area contributed by atoms with Crippen molar-refractivity contribution in [2.75, 3.05) is 0 Å². The fourth-order valence-corrected chi connectivity index (χ4v) is 1.85. The van der Waals surface area contributed by atoms with E-state index in [2.05, 4.69) is 15.9 Å². The van der Waals surface area contributed by atoms with Gasteiger partial charge in [-0.25, -0.2) is 4.39 Å². The molecule has 0 radical (unpaired) electrons. The van der Waals surface area contributed by atoms with Gasteiger partial charge in [-0.15, -0.1) is 0 Å². The third-order valence-electron chi connectivity index (χ3n) is 2.03. The van der Waals surface area contributed by atoms with Crippen molar-refractivity contribution >= 4 is 15.9 Å². The topological polar surface area (TPSA) is 0 Å². The Balaban J connectivity index is 2.21. The second-order valence-corrected chi connectivity index (χ2v) is 4.25. The average molecular weight is 215 g/mol. The second kappa shape index (κ2) is 2.31. The van der Waals surface area contributed by atoms with Gasteiger partial charge in [-0.2, -0.15) is 0 Å². The van der Waals surface area contributed by atoms with Crippen LogP contribution in [0.25, 0.3) is 0 Å². The molecule has 0 bridgehead atoms. The summed E-state index contributed by atoms with van der Waals surface area (Å²) >= 11 is 3.02. The minimum absolute atomic E-state index is 0.0729. The lowest BCUT2D eigenvalue weighted by molar-refractivity contribution is 0.436. The Hall–Kier alpha value is -0.370. The van der Waals surface area contributed by atoms with Crippen molar-refractivity contribution in [3.8, 4) is 0 Å². The molecule has 0 spiro atoms.